The molecule has 0 aromatic carbocycles. The topological polar surface area (TPSA) is 85.3 Å². The Bertz CT molecular complexity index is 939. The second kappa shape index (κ2) is 7.48. The number of hydrogen-bond acceptors (Lipinski definition) is 8. The Morgan fingerprint density at radius 2 is 2.04 bits per heavy atom. The van der Waals surface area contributed by atoms with Crippen molar-refractivity contribution in [2.24, 2.45) is 0 Å². The van der Waals surface area contributed by atoms with Gasteiger partial charge >= 0.3 is 0 Å². The zero-order chi connectivity index (χ0) is 18.9. The number of piperazine rings is 1. The maximum Gasteiger partial charge on any atom is 0.165 e. The van der Waals surface area contributed by atoms with Crippen LogP contribution in [-0.4, -0.2) is 68.5 Å². The summed E-state index contributed by atoms with van der Waals surface area (Å²) >= 11 is 0. The number of nitrogens with zero attached hydrogens (tertiary/aromatic N) is 7. The number of hydrogen-bond donors (Lipinski definition) is 0. The first-order valence-electron chi connectivity index (χ1n) is 9.93. The van der Waals surface area contributed by atoms with E-state index in [2.05, 4.69) is 34.5 Å². The molecule has 148 valence electrons. The highest BCUT2D eigenvalue weighted by molar-refractivity contribution is 5.83. The minimum absolute atomic E-state index is 0.263. The maximum atomic E-state index is 5.76. The van der Waals surface area contributed by atoms with E-state index in [1.807, 2.05) is 19.3 Å². The molecule has 5 rings (SSSR count). The van der Waals surface area contributed by atoms with E-state index >= 15 is 0 Å². The molecule has 3 aromatic rings. The van der Waals surface area contributed by atoms with Gasteiger partial charge in [-0.3, -0.25) is 4.90 Å². The number of rotatable bonds is 5. The van der Waals surface area contributed by atoms with Crippen LogP contribution >= 0.6 is 0 Å². The van der Waals surface area contributed by atoms with E-state index in [0.29, 0.717) is 0 Å². The van der Waals surface area contributed by atoms with E-state index in [0.717, 1.165) is 87.2 Å². The van der Waals surface area contributed by atoms with Gasteiger partial charge in [0.25, 0.3) is 0 Å². The van der Waals surface area contributed by atoms with E-state index in [1.54, 1.807) is 6.33 Å². The van der Waals surface area contributed by atoms with Gasteiger partial charge < -0.3 is 18.7 Å². The molecule has 9 heteroatoms. The summed E-state index contributed by atoms with van der Waals surface area (Å²) in [6.45, 7) is 8.12. The highest BCUT2D eigenvalue weighted by Crippen LogP contribution is 2.24. The molecule has 0 bridgehead atoms. The zero-order valence-corrected chi connectivity index (χ0v) is 16.1. The molecule has 5 heterocycles. The summed E-state index contributed by atoms with van der Waals surface area (Å²) in [5, 5.41) is 4.10. The Labute approximate surface area is 163 Å². The molecule has 2 aliphatic rings. The number of imidazole rings is 1. The molecule has 0 aliphatic carbocycles. The van der Waals surface area contributed by atoms with Crippen LogP contribution in [0.2, 0.25) is 0 Å². The summed E-state index contributed by atoms with van der Waals surface area (Å²) in [6, 6.07) is 2.00. The quantitative estimate of drug-likeness (QED) is 0.657. The highest BCUT2D eigenvalue weighted by atomic mass is 16.5. The van der Waals surface area contributed by atoms with Gasteiger partial charge in [0.2, 0.25) is 0 Å². The minimum atomic E-state index is 0.263. The van der Waals surface area contributed by atoms with Crippen LogP contribution in [0.5, 0.6) is 0 Å². The van der Waals surface area contributed by atoms with Gasteiger partial charge in [0.1, 0.15) is 12.1 Å². The van der Waals surface area contributed by atoms with Gasteiger partial charge in [0, 0.05) is 45.4 Å². The molecule has 0 spiro atoms. The van der Waals surface area contributed by atoms with Crippen molar-refractivity contribution in [2.45, 2.75) is 39.0 Å². The molecule has 0 radical (unpaired) electrons. The van der Waals surface area contributed by atoms with Crippen molar-refractivity contribution in [1.29, 1.82) is 0 Å². The second-order valence-electron chi connectivity index (χ2n) is 7.59. The third kappa shape index (κ3) is 3.47. The predicted octanol–water partition coefficient (Wildman–Crippen LogP) is 1.62. The molecule has 2 aliphatic heterocycles. The third-order valence-corrected chi connectivity index (χ3v) is 5.54. The van der Waals surface area contributed by atoms with Crippen LogP contribution in [0.15, 0.2) is 23.2 Å². The molecule has 2 fully saturated rings. The van der Waals surface area contributed by atoms with Gasteiger partial charge in [-0.15, -0.1) is 0 Å². The van der Waals surface area contributed by atoms with Crippen LogP contribution in [0.1, 0.15) is 24.3 Å². The molecule has 9 nitrogen and oxygen atoms in total. The van der Waals surface area contributed by atoms with Crippen molar-refractivity contribution >= 4 is 17.0 Å². The molecule has 1 unspecified atom stereocenters. The van der Waals surface area contributed by atoms with Crippen LogP contribution in [0.4, 0.5) is 5.82 Å². The lowest BCUT2D eigenvalue weighted by atomic mass is 10.2. The SMILES string of the molecule is Cc1cc(CN2CCN(c3ncnc4c3ncn4CC3CCCO3)CC2)no1. The fraction of sp³-hybridized carbons (Fsp3) is 0.579. The number of anilines is 1. The highest BCUT2D eigenvalue weighted by Gasteiger charge is 2.23. The third-order valence-electron chi connectivity index (χ3n) is 5.54. The standard InChI is InChI=1S/C19H25N7O2/c1-14-9-15(23-28-14)10-24-4-6-25(7-5-24)18-17-19(21-12-20-18)26(13-22-17)11-16-3-2-8-27-16/h9,12-13,16H,2-8,10-11H2,1H3. The number of fused-ring (bicyclic) bond motifs is 1. The fourth-order valence-corrected chi connectivity index (χ4v) is 4.08. The molecule has 0 amide bonds. The Morgan fingerprint density at radius 3 is 2.79 bits per heavy atom. The first-order valence-corrected chi connectivity index (χ1v) is 9.93. The largest absolute Gasteiger partial charge is 0.376 e. The summed E-state index contributed by atoms with van der Waals surface area (Å²) in [6.07, 6.45) is 6.02. The molecule has 0 saturated carbocycles. The van der Waals surface area contributed by atoms with Crippen molar-refractivity contribution in [3.8, 4) is 0 Å². The Hall–Kier alpha value is -2.52. The van der Waals surface area contributed by atoms with Gasteiger partial charge in [0.05, 0.1) is 24.7 Å². The number of aryl methyl sites for hydroxylation is 1. The Kier molecular flexibility index (Phi) is 4.69. The summed E-state index contributed by atoms with van der Waals surface area (Å²) in [5.74, 6) is 1.78. The van der Waals surface area contributed by atoms with Gasteiger partial charge in [-0.05, 0) is 19.8 Å². The summed E-state index contributed by atoms with van der Waals surface area (Å²) < 4.78 is 13.0. The first kappa shape index (κ1) is 17.6. The molecular weight excluding hydrogens is 358 g/mol. The lowest BCUT2D eigenvalue weighted by Gasteiger charge is -2.34. The normalized spacial score (nSPS) is 21.0. The first-order chi connectivity index (χ1) is 13.8. The van der Waals surface area contributed by atoms with Crippen molar-refractivity contribution in [3.63, 3.8) is 0 Å². The molecular formula is C19H25N7O2. The Morgan fingerprint density at radius 1 is 1.14 bits per heavy atom. The van der Waals surface area contributed by atoms with Crippen LogP contribution in [0, 0.1) is 6.92 Å². The average Bonchev–Trinajstić information content (AvgIpc) is 3.45. The average molecular weight is 383 g/mol. The van der Waals surface area contributed by atoms with Crippen LogP contribution < -0.4 is 4.90 Å². The van der Waals surface area contributed by atoms with Crippen molar-refractivity contribution in [1.82, 2.24) is 29.6 Å². The van der Waals surface area contributed by atoms with E-state index in [1.165, 1.54) is 0 Å². The van der Waals surface area contributed by atoms with E-state index in [9.17, 15) is 0 Å². The van der Waals surface area contributed by atoms with Crippen molar-refractivity contribution in [2.75, 3.05) is 37.7 Å². The van der Waals surface area contributed by atoms with Crippen LogP contribution in [-0.2, 0) is 17.8 Å². The van der Waals surface area contributed by atoms with Crippen molar-refractivity contribution < 1.29 is 9.26 Å². The zero-order valence-electron chi connectivity index (χ0n) is 16.1. The van der Waals surface area contributed by atoms with E-state index < -0.39 is 0 Å². The van der Waals surface area contributed by atoms with Gasteiger partial charge in [-0.1, -0.05) is 5.16 Å². The number of ether oxygens (including phenoxy) is 1. The van der Waals surface area contributed by atoms with E-state index in [4.69, 9.17) is 9.26 Å². The minimum Gasteiger partial charge on any atom is -0.376 e. The van der Waals surface area contributed by atoms with Crippen LogP contribution in [0.25, 0.3) is 11.2 Å². The number of aromatic nitrogens is 5. The summed E-state index contributed by atoms with van der Waals surface area (Å²) in [4.78, 5) is 18.4. The molecule has 3 aromatic heterocycles. The lowest BCUT2D eigenvalue weighted by Crippen LogP contribution is -2.46. The predicted molar refractivity (Wildman–Crippen MR) is 103 cm³/mol. The summed E-state index contributed by atoms with van der Waals surface area (Å²) in [5.41, 5.74) is 2.75. The summed E-state index contributed by atoms with van der Waals surface area (Å²) in [7, 11) is 0. The molecule has 1 atom stereocenters. The van der Waals surface area contributed by atoms with Gasteiger partial charge in [-0.2, -0.15) is 0 Å². The fourth-order valence-electron chi connectivity index (χ4n) is 4.08. The molecule has 0 N–H and O–H groups in total. The maximum absolute atomic E-state index is 5.76. The van der Waals surface area contributed by atoms with Crippen molar-refractivity contribution in [3.05, 3.63) is 30.2 Å². The van der Waals surface area contributed by atoms with Gasteiger partial charge in [-0.25, -0.2) is 15.0 Å². The van der Waals surface area contributed by atoms with E-state index in [-0.39, 0.29) is 6.10 Å². The monoisotopic (exact) mass is 383 g/mol. The second-order valence-corrected chi connectivity index (χ2v) is 7.59. The smallest absolute Gasteiger partial charge is 0.165 e. The lowest BCUT2D eigenvalue weighted by molar-refractivity contribution is 0.0978. The van der Waals surface area contributed by atoms with Crippen LogP contribution in [0.3, 0.4) is 0 Å². The van der Waals surface area contributed by atoms with Gasteiger partial charge in [0.15, 0.2) is 17.0 Å². The molecule has 2 saturated heterocycles. The Balaban J connectivity index is 1.28. The molecule has 28 heavy (non-hydrogen) atoms.